The van der Waals surface area contributed by atoms with Crippen LogP contribution < -0.4 is 5.73 Å². The van der Waals surface area contributed by atoms with Crippen molar-refractivity contribution >= 4 is 58.0 Å². The van der Waals surface area contributed by atoms with Crippen molar-refractivity contribution in [3.8, 4) is 0 Å². The minimum absolute atomic E-state index is 0.0113. The summed E-state index contributed by atoms with van der Waals surface area (Å²) in [5.74, 6) is -0.0113. The van der Waals surface area contributed by atoms with E-state index in [0.717, 1.165) is 16.0 Å². The van der Waals surface area contributed by atoms with E-state index >= 15 is 0 Å². The van der Waals surface area contributed by atoms with Crippen molar-refractivity contribution in [3.05, 3.63) is 92.4 Å². The first-order valence-corrected chi connectivity index (χ1v) is 10.6. The molecule has 0 aromatic heterocycles. The SMILES string of the molecule is Cc1cc(C(=O)C[C@@H](Sc2ccccc2N)c2c(Cl)cccc2Cl)ccc1Cl. The highest BCUT2D eigenvalue weighted by molar-refractivity contribution is 7.99. The zero-order valence-corrected chi connectivity index (χ0v) is 18.2. The second-order valence-electron chi connectivity index (χ2n) is 6.37. The monoisotopic (exact) mass is 449 g/mol. The molecule has 1 atom stereocenters. The molecule has 0 aliphatic heterocycles. The molecule has 0 aliphatic rings. The zero-order chi connectivity index (χ0) is 20.3. The van der Waals surface area contributed by atoms with Gasteiger partial charge in [0.05, 0.1) is 0 Å². The van der Waals surface area contributed by atoms with Gasteiger partial charge in [-0.15, -0.1) is 11.8 Å². The average molecular weight is 451 g/mol. The van der Waals surface area contributed by atoms with E-state index in [2.05, 4.69) is 0 Å². The van der Waals surface area contributed by atoms with Crippen LogP contribution in [0.15, 0.2) is 65.6 Å². The number of hydrogen-bond donors (Lipinski definition) is 1. The predicted molar refractivity (Wildman–Crippen MR) is 121 cm³/mol. The maximum atomic E-state index is 13.0. The number of para-hydroxylation sites is 1. The number of Topliss-reactive ketones (excluding diaryl/α,β-unsaturated/α-hetero) is 1. The van der Waals surface area contributed by atoms with Crippen LogP contribution in [0, 0.1) is 6.92 Å². The first-order valence-electron chi connectivity index (χ1n) is 8.61. The summed E-state index contributed by atoms with van der Waals surface area (Å²) in [5.41, 5.74) is 8.97. The number of halogens is 3. The van der Waals surface area contributed by atoms with Gasteiger partial charge < -0.3 is 5.73 Å². The van der Waals surface area contributed by atoms with E-state index < -0.39 is 0 Å². The third-order valence-electron chi connectivity index (χ3n) is 4.36. The zero-order valence-electron chi connectivity index (χ0n) is 15.1. The van der Waals surface area contributed by atoms with E-state index in [1.165, 1.54) is 11.8 Å². The summed E-state index contributed by atoms with van der Waals surface area (Å²) >= 11 is 20.5. The van der Waals surface area contributed by atoms with Gasteiger partial charge in [0, 0.05) is 48.4 Å². The summed E-state index contributed by atoms with van der Waals surface area (Å²) in [4.78, 5) is 13.9. The number of nitrogen functional groups attached to an aromatic ring is 1. The smallest absolute Gasteiger partial charge is 0.164 e. The van der Waals surface area contributed by atoms with Crippen LogP contribution in [0.4, 0.5) is 5.69 Å². The molecule has 0 radical (unpaired) electrons. The van der Waals surface area contributed by atoms with E-state index in [1.54, 1.807) is 36.4 Å². The number of carbonyl (C=O) groups excluding carboxylic acids is 1. The maximum Gasteiger partial charge on any atom is 0.164 e. The number of anilines is 1. The Kier molecular flexibility index (Phi) is 6.95. The van der Waals surface area contributed by atoms with Crippen molar-refractivity contribution in [2.24, 2.45) is 0 Å². The Bertz CT molecular complexity index is 1000. The van der Waals surface area contributed by atoms with Crippen LogP contribution in [0.2, 0.25) is 15.1 Å². The molecule has 0 unspecified atom stereocenters. The summed E-state index contributed by atoms with van der Waals surface area (Å²) in [7, 11) is 0. The molecule has 2 N–H and O–H groups in total. The fraction of sp³-hybridized carbons (Fsp3) is 0.136. The van der Waals surface area contributed by atoms with Crippen LogP contribution >= 0.6 is 46.6 Å². The molecule has 0 amide bonds. The molecule has 0 fully saturated rings. The number of rotatable bonds is 6. The molecule has 0 spiro atoms. The third-order valence-corrected chi connectivity index (χ3v) is 6.76. The molecular formula is C22H18Cl3NOS. The van der Waals surface area contributed by atoms with Crippen molar-refractivity contribution in [1.29, 1.82) is 0 Å². The number of carbonyl (C=O) groups is 1. The first-order chi connectivity index (χ1) is 13.4. The van der Waals surface area contributed by atoms with Gasteiger partial charge in [0.25, 0.3) is 0 Å². The highest BCUT2D eigenvalue weighted by atomic mass is 35.5. The second kappa shape index (κ2) is 9.23. The van der Waals surface area contributed by atoms with Gasteiger partial charge in [-0.05, 0) is 55.0 Å². The van der Waals surface area contributed by atoms with Gasteiger partial charge >= 0.3 is 0 Å². The van der Waals surface area contributed by atoms with E-state index in [0.29, 0.717) is 26.3 Å². The highest BCUT2D eigenvalue weighted by Gasteiger charge is 2.24. The topological polar surface area (TPSA) is 43.1 Å². The molecule has 144 valence electrons. The second-order valence-corrected chi connectivity index (χ2v) is 8.84. The van der Waals surface area contributed by atoms with Crippen molar-refractivity contribution in [3.63, 3.8) is 0 Å². The van der Waals surface area contributed by atoms with Crippen molar-refractivity contribution in [1.82, 2.24) is 0 Å². The summed E-state index contributed by atoms with van der Waals surface area (Å²) in [6.45, 7) is 1.88. The normalized spacial score (nSPS) is 12.0. The quantitative estimate of drug-likeness (QED) is 0.238. The Morgan fingerprint density at radius 3 is 2.29 bits per heavy atom. The van der Waals surface area contributed by atoms with Crippen molar-refractivity contribution < 1.29 is 4.79 Å². The largest absolute Gasteiger partial charge is 0.398 e. The molecule has 0 saturated heterocycles. The number of benzene rings is 3. The molecule has 0 heterocycles. The van der Waals surface area contributed by atoms with E-state index in [9.17, 15) is 4.79 Å². The van der Waals surface area contributed by atoms with Gasteiger partial charge in [0.15, 0.2) is 5.78 Å². The minimum atomic E-state index is -0.283. The lowest BCUT2D eigenvalue weighted by Gasteiger charge is -2.20. The summed E-state index contributed by atoms with van der Waals surface area (Å²) in [6, 6.07) is 18.2. The van der Waals surface area contributed by atoms with E-state index in [-0.39, 0.29) is 17.5 Å². The Labute approximate surface area is 184 Å². The first kappa shape index (κ1) is 21.1. The van der Waals surface area contributed by atoms with Gasteiger partial charge in [-0.3, -0.25) is 4.79 Å². The number of thioether (sulfide) groups is 1. The molecule has 3 aromatic carbocycles. The van der Waals surface area contributed by atoms with Crippen LogP contribution in [0.25, 0.3) is 0 Å². The Balaban J connectivity index is 1.97. The van der Waals surface area contributed by atoms with E-state index in [4.69, 9.17) is 40.5 Å². The van der Waals surface area contributed by atoms with Gasteiger partial charge in [-0.2, -0.15) is 0 Å². The molecule has 0 saturated carbocycles. The van der Waals surface area contributed by atoms with E-state index in [1.807, 2.05) is 31.2 Å². The van der Waals surface area contributed by atoms with Gasteiger partial charge in [0.1, 0.15) is 0 Å². The molecule has 0 bridgehead atoms. The average Bonchev–Trinajstić information content (AvgIpc) is 2.65. The lowest BCUT2D eigenvalue weighted by atomic mass is 10.0. The van der Waals surface area contributed by atoms with Crippen molar-refractivity contribution in [2.45, 2.75) is 23.5 Å². The van der Waals surface area contributed by atoms with Gasteiger partial charge in [-0.25, -0.2) is 0 Å². The third kappa shape index (κ3) is 4.84. The van der Waals surface area contributed by atoms with Crippen LogP contribution in [-0.4, -0.2) is 5.78 Å². The predicted octanol–water partition coefficient (Wildman–Crippen LogP) is 7.64. The number of aryl methyl sites for hydroxylation is 1. The molecule has 3 rings (SSSR count). The molecule has 3 aromatic rings. The minimum Gasteiger partial charge on any atom is -0.398 e. The standard InChI is InChI=1S/C22H18Cl3NOS/c1-13-11-14(9-10-15(13)23)19(27)12-21(22-16(24)5-4-6-17(22)25)28-20-8-3-2-7-18(20)26/h2-11,21H,12,26H2,1H3/t21-/m1/s1. The molecule has 2 nitrogen and oxygen atoms in total. The molecule has 28 heavy (non-hydrogen) atoms. The van der Waals surface area contributed by atoms with Gasteiger partial charge in [0.2, 0.25) is 0 Å². The number of ketones is 1. The summed E-state index contributed by atoms with van der Waals surface area (Å²) in [5, 5.41) is 1.40. The van der Waals surface area contributed by atoms with Crippen LogP contribution in [0.1, 0.15) is 33.2 Å². The molecular weight excluding hydrogens is 433 g/mol. The Morgan fingerprint density at radius 2 is 1.64 bits per heavy atom. The Hall–Kier alpha value is -1.65. The summed E-state index contributed by atoms with van der Waals surface area (Å²) in [6.07, 6.45) is 0.226. The van der Waals surface area contributed by atoms with Gasteiger partial charge in [-0.1, -0.05) is 53.0 Å². The fourth-order valence-electron chi connectivity index (χ4n) is 2.87. The highest BCUT2D eigenvalue weighted by Crippen LogP contribution is 2.45. The maximum absolute atomic E-state index is 13.0. The lowest BCUT2D eigenvalue weighted by molar-refractivity contribution is 0.0982. The summed E-state index contributed by atoms with van der Waals surface area (Å²) < 4.78 is 0. The fourth-order valence-corrected chi connectivity index (χ4v) is 5.05. The van der Waals surface area contributed by atoms with Crippen molar-refractivity contribution in [2.75, 3.05) is 5.73 Å². The number of hydrogen-bond acceptors (Lipinski definition) is 3. The molecule has 0 aliphatic carbocycles. The van der Waals surface area contributed by atoms with Crippen LogP contribution in [-0.2, 0) is 0 Å². The van der Waals surface area contributed by atoms with Crippen LogP contribution in [0.5, 0.6) is 0 Å². The van der Waals surface area contributed by atoms with Crippen LogP contribution in [0.3, 0.4) is 0 Å². The number of nitrogens with two attached hydrogens (primary N) is 1. The Morgan fingerprint density at radius 1 is 0.964 bits per heavy atom. The lowest BCUT2D eigenvalue weighted by Crippen LogP contribution is -2.07. The molecule has 6 heteroatoms.